The Morgan fingerprint density at radius 2 is 1.47 bits per heavy atom. The molecule has 1 aliphatic rings. The molecule has 194 valence electrons. The first kappa shape index (κ1) is 27.8. The number of allylic oxidation sites excluding steroid dienone is 2. The highest BCUT2D eigenvalue weighted by atomic mass is 35.5. The second-order valence-corrected chi connectivity index (χ2v) is 9.64. The summed E-state index contributed by atoms with van der Waals surface area (Å²) in [6.45, 7) is 4.18. The van der Waals surface area contributed by atoms with Crippen molar-refractivity contribution in [2.45, 2.75) is 44.0 Å². The summed E-state index contributed by atoms with van der Waals surface area (Å²) in [6, 6.07) is 8.07. The molecule has 0 radical (unpaired) electrons. The molecule has 1 amide bonds. The van der Waals surface area contributed by atoms with Crippen LogP contribution >= 0.6 is 11.6 Å². The number of nitrogens with zero attached hydrogens (tertiary/aromatic N) is 1. The molecule has 2 aromatic carbocycles. The Hall–Kier alpha value is -2.82. The molecular weight excluding hydrogens is 510 g/mol. The van der Waals surface area contributed by atoms with Gasteiger partial charge < -0.3 is 15.2 Å². The van der Waals surface area contributed by atoms with Gasteiger partial charge in [0.2, 0.25) is 11.4 Å². The minimum atomic E-state index is -5.07. The average molecular weight is 533 g/mol. The summed E-state index contributed by atoms with van der Waals surface area (Å²) in [7, 11) is 1.24. The molecule has 0 bridgehead atoms. The van der Waals surface area contributed by atoms with Crippen LogP contribution in [0.5, 0.6) is 0 Å². The van der Waals surface area contributed by atoms with Gasteiger partial charge in [0.25, 0.3) is 0 Å². The highest BCUT2D eigenvalue weighted by Crippen LogP contribution is 2.40. The Balaban J connectivity index is 2.12. The smallest absolute Gasteiger partial charge is 0.416 e. The van der Waals surface area contributed by atoms with E-state index in [1.165, 1.54) is 33.2 Å². The third-order valence-electron chi connectivity index (χ3n) is 6.08. The number of alkyl halides is 7. The zero-order valence-electron chi connectivity index (χ0n) is 19.7. The van der Waals surface area contributed by atoms with Crippen LogP contribution in [0.3, 0.4) is 0 Å². The quantitative estimate of drug-likeness (QED) is 0.153. The molecule has 0 aliphatic carbocycles. The number of hydrogen-bond donors (Lipinski definition) is 1. The minimum Gasteiger partial charge on any atom is -0.627 e. The summed E-state index contributed by atoms with van der Waals surface area (Å²) in [5, 5.41) is 15.4. The van der Waals surface area contributed by atoms with E-state index in [0.29, 0.717) is 23.3 Å². The van der Waals surface area contributed by atoms with Crippen molar-refractivity contribution >= 4 is 23.1 Å². The van der Waals surface area contributed by atoms with Crippen LogP contribution in [0, 0.1) is 12.1 Å². The fourth-order valence-electron chi connectivity index (χ4n) is 3.73. The molecule has 1 heterocycles. The number of carbonyl (C=O) groups is 1. The number of likely N-dealkylation sites (N-methyl/N-ethyl adjacent to an activating group) is 1. The molecule has 2 atom stereocenters. The van der Waals surface area contributed by atoms with E-state index in [1.54, 1.807) is 31.2 Å². The number of carbonyl (C=O) groups excluding carboxylic acids is 1. The van der Waals surface area contributed by atoms with Crippen molar-refractivity contribution in [2.24, 2.45) is 0 Å². The van der Waals surface area contributed by atoms with Crippen molar-refractivity contribution in [1.82, 2.24) is 5.32 Å². The Morgan fingerprint density at radius 1 is 0.972 bits per heavy atom. The van der Waals surface area contributed by atoms with Crippen LogP contribution in [0.4, 0.5) is 26.3 Å². The number of benzene rings is 2. The van der Waals surface area contributed by atoms with Gasteiger partial charge in [-0.1, -0.05) is 35.9 Å². The Kier molecular flexibility index (Phi) is 7.13. The van der Waals surface area contributed by atoms with E-state index >= 15 is 0 Å². The van der Waals surface area contributed by atoms with Gasteiger partial charge >= 0.3 is 12.4 Å². The van der Waals surface area contributed by atoms with Crippen LogP contribution in [0.25, 0.3) is 5.57 Å². The maximum absolute atomic E-state index is 13.4. The van der Waals surface area contributed by atoms with Gasteiger partial charge in [0.05, 0.1) is 29.8 Å². The van der Waals surface area contributed by atoms with Crippen molar-refractivity contribution in [2.75, 3.05) is 7.05 Å². The molecule has 3 rings (SSSR count). The topological polar surface area (TPSA) is 52.2 Å². The monoisotopic (exact) mass is 532 g/mol. The van der Waals surface area contributed by atoms with Gasteiger partial charge in [0.1, 0.15) is 5.70 Å². The van der Waals surface area contributed by atoms with Gasteiger partial charge in [0.15, 0.2) is 0 Å². The molecule has 0 fully saturated rings. The predicted molar refractivity (Wildman–Crippen MR) is 124 cm³/mol. The molecule has 1 aliphatic heterocycles. The van der Waals surface area contributed by atoms with Crippen molar-refractivity contribution in [1.29, 1.82) is 0 Å². The summed E-state index contributed by atoms with van der Waals surface area (Å²) in [6.07, 6.45) is -7.38. The molecule has 36 heavy (non-hydrogen) atoms. The van der Waals surface area contributed by atoms with Crippen molar-refractivity contribution in [3.8, 4) is 0 Å². The van der Waals surface area contributed by atoms with E-state index in [1.807, 2.05) is 0 Å². The van der Waals surface area contributed by atoms with Gasteiger partial charge in [-0.15, -0.1) is 0 Å². The van der Waals surface area contributed by atoms with Crippen LogP contribution < -0.4 is 5.32 Å². The van der Waals surface area contributed by atoms with Gasteiger partial charge in [-0.05, 0) is 55.7 Å². The number of amides is 1. The highest BCUT2D eigenvalue weighted by Gasteiger charge is 2.41. The lowest BCUT2D eigenvalue weighted by molar-refractivity contribution is -0.815. The molecule has 0 aromatic heterocycles. The number of quaternary nitrogens is 1. The fraction of sp³-hybridized carbons (Fsp3) is 0.320. The fourth-order valence-corrected chi connectivity index (χ4v) is 3.97. The van der Waals surface area contributed by atoms with E-state index in [2.05, 4.69) is 5.32 Å². The van der Waals surface area contributed by atoms with Gasteiger partial charge in [-0.2, -0.15) is 26.3 Å². The lowest BCUT2D eigenvalue weighted by Crippen LogP contribution is -2.49. The van der Waals surface area contributed by atoms with Gasteiger partial charge in [-0.25, -0.2) is 0 Å². The lowest BCUT2D eigenvalue weighted by atomic mass is 9.81. The van der Waals surface area contributed by atoms with E-state index in [-0.39, 0.29) is 11.8 Å². The van der Waals surface area contributed by atoms with Crippen LogP contribution in [0.15, 0.2) is 60.4 Å². The van der Waals surface area contributed by atoms with Crippen molar-refractivity contribution in [3.63, 3.8) is 0 Å². The SMILES string of the molecule is Cc1ccccc1C1=C(NC(=O)C(C)(C)c2cc(C(F)(F)F)cc(C(F)(F)F)c2)C(Cl)[N+](C)([O-])C=C1. The van der Waals surface area contributed by atoms with E-state index in [9.17, 15) is 36.3 Å². The lowest BCUT2D eigenvalue weighted by Gasteiger charge is -2.43. The highest BCUT2D eigenvalue weighted by molar-refractivity contribution is 6.22. The molecular formula is C25H23ClF6N2O2. The first-order valence-corrected chi connectivity index (χ1v) is 11.1. The van der Waals surface area contributed by atoms with Crippen LogP contribution in [0.1, 0.15) is 41.7 Å². The summed E-state index contributed by atoms with van der Waals surface area (Å²) < 4.78 is 79.1. The zero-order chi connectivity index (χ0) is 27.3. The number of halogens is 7. The number of nitrogens with one attached hydrogen (secondary N) is 1. The zero-order valence-corrected chi connectivity index (χ0v) is 20.4. The van der Waals surface area contributed by atoms with E-state index in [0.717, 1.165) is 5.56 Å². The standard InChI is InChI=1S/C25H23ClF6N2O2/c1-14-7-5-6-8-18(14)19-9-10-34(4,36)21(26)20(19)33-22(35)23(2,3)15-11-16(24(27,28)29)13-17(12-15)25(30,31)32/h5-13,21H,1-4H3,(H,33,35). The molecule has 4 nitrogen and oxygen atoms in total. The van der Waals surface area contributed by atoms with Crippen LogP contribution in [-0.2, 0) is 22.6 Å². The third kappa shape index (κ3) is 5.45. The predicted octanol–water partition coefficient (Wildman–Crippen LogP) is 6.87. The van der Waals surface area contributed by atoms with Crippen molar-refractivity contribution in [3.05, 3.63) is 93.5 Å². The number of aryl methyl sites for hydroxylation is 1. The number of rotatable bonds is 4. The van der Waals surface area contributed by atoms with Gasteiger partial charge in [0, 0.05) is 11.6 Å². The number of hydroxylamine groups is 3. The molecule has 0 saturated carbocycles. The molecule has 0 saturated heterocycles. The Morgan fingerprint density at radius 3 is 1.97 bits per heavy atom. The molecule has 2 aromatic rings. The first-order chi connectivity index (χ1) is 16.4. The summed E-state index contributed by atoms with van der Waals surface area (Å²) in [5.74, 6) is -0.933. The maximum atomic E-state index is 13.4. The van der Waals surface area contributed by atoms with Crippen LogP contribution in [-0.4, -0.2) is 23.1 Å². The van der Waals surface area contributed by atoms with Crippen LogP contribution in [0.2, 0.25) is 0 Å². The summed E-state index contributed by atoms with van der Waals surface area (Å²) >= 11 is 6.42. The third-order valence-corrected chi connectivity index (χ3v) is 6.68. The second-order valence-electron chi connectivity index (χ2n) is 9.23. The molecule has 11 heteroatoms. The Labute approximate surface area is 209 Å². The maximum Gasteiger partial charge on any atom is 0.416 e. The molecule has 0 spiro atoms. The normalized spacial score (nSPS) is 21.1. The molecule has 1 N–H and O–H groups in total. The average Bonchev–Trinajstić information content (AvgIpc) is 2.76. The second kappa shape index (κ2) is 9.24. The van der Waals surface area contributed by atoms with E-state index < -0.39 is 50.5 Å². The summed E-state index contributed by atoms with van der Waals surface area (Å²) in [5.41, 5.74) is -4.94. The molecule has 2 unspecified atom stereocenters. The largest absolute Gasteiger partial charge is 0.627 e. The van der Waals surface area contributed by atoms with E-state index in [4.69, 9.17) is 11.6 Å². The summed E-state index contributed by atoms with van der Waals surface area (Å²) in [4.78, 5) is 13.4. The minimum absolute atomic E-state index is 0.00261. The number of hydrogen-bond acceptors (Lipinski definition) is 2. The Bertz CT molecular complexity index is 1210. The first-order valence-electron chi connectivity index (χ1n) is 10.7. The van der Waals surface area contributed by atoms with Crippen molar-refractivity contribution < 1.29 is 35.8 Å². The van der Waals surface area contributed by atoms with Gasteiger partial charge in [-0.3, -0.25) is 4.79 Å².